The van der Waals surface area contributed by atoms with Crippen molar-refractivity contribution < 1.29 is 24.0 Å². The van der Waals surface area contributed by atoms with Gasteiger partial charge in [0.1, 0.15) is 11.9 Å². The molecule has 0 aliphatic carbocycles. The molecule has 0 aromatic heterocycles. The number of carbonyl (C=O) groups is 1. The number of hydrogen-bond acceptors (Lipinski definition) is 3. The van der Waals surface area contributed by atoms with E-state index in [0.717, 1.165) is 16.9 Å². The van der Waals surface area contributed by atoms with Crippen molar-refractivity contribution in [2.45, 2.75) is 26.4 Å². The molecule has 0 fully saturated rings. The number of nitrogens with two attached hydrogens (primary N) is 1. The van der Waals surface area contributed by atoms with Crippen molar-refractivity contribution in [2.75, 3.05) is 13.3 Å². The van der Waals surface area contributed by atoms with Gasteiger partial charge < -0.3 is 20.1 Å². The molecule has 3 rings (SSSR count). The predicted molar refractivity (Wildman–Crippen MR) is 95.2 cm³/mol. The SMILES string of the molecule is CC(C)[C@@H]([NH2+]CC(=O)NCc1ccc2c(c1)OCO2)c1ccc(F)cc1. The largest absolute Gasteiger partial charge is 0.454 e. The van der Waals surface area contributed by atoms with Crippen LogP contribution in [0.5, 0.6) is 11.5 Å². The van der Waals surface area contributed by atoms with E-state index in [4.69, 9.17) is 9.47 Å². The summed E-state index contributed by atoms with van der Waals surface area (Å²) < 4.78 is 23.7. The monoisotopic (exact) mass is 359 g/mol. The van der Waals surface area contributed by atoms with Crippen molar-refractivity contribution in [3.63, 3.8) is 0 Å². The molecule has 0 spiro atoms. The molecular weight excluding hydrogens is 335 g/mol. The Kier molecular flexibility index (Phi) is 5.73. The molecule has 0 saturated heterocycles. The maximum atomic E-state index is 13.1. The summed E-state index contributed by atoms with van der Waals surface area (Å²) in [6.45, 7) is 5.17. The van der Waals surface area contributed by atoms with Crippen LogP contribution in [0.4, 0.5) is 4.39 Å². The lowest BCUT2D eigenvalue weighted by atomic mass is 9.96. The van der Waals surface area contributed by atoms with Crippen LogP contribution in [0.3, 0.4) is 0 Å². The van der Waals surface area contributed by atoms with E-state index in [-0.39, 0.29) is 24.6 Å². The number of hydrogen-bond donors (Lipinski definition) is 2. The van der Waals surface area contributed by atoms with Gasteiger partial charge in [-0.05, 0) is 29.8 Å². The molecule has 1 aliphatic rings. The molecule has 1 aliphatic heterocycles. The molecule has 6 heteroatoms. The number of nitrogens with one attached hydrogen (secondary N) is 1. The van der Waals surface area contributed by atoms with Gasteiger partial charge in [-0.3, -0.25) is 4.79 Å². The summed E-state index contributed by atoms with van der Waals surface area (Å²) >= 11 is 0. The van der Waals surface area contributed by atoms with E-state index in [0.29, 0.717) is 24.8 Å². The Morgan fingerprint density at radius 1 is 1.15 bits per heavy atom. The van der Waals surface area contributed by atoms with Crippen molar-refractivity contribution >= 4 is 5.91 Å². The highest BCUT2D eigenvalue weighted by Crippen LogP contribution is 2.32. The molecular formula is C20H24FN2O3+. The number of carbonyl (C=O) groups excluding carboxylic acids is 1. The number of benzene rings is 2. The van der Waals surface area contributed by atoms with Gasteiger partial charge in [0.2, 0.25) is 6.79 Å². The van der Waals surface area contributed by atoms with Crippen molar-refractivity contribution in [1.82, 2.24) is 5.32 Å². The van der Waals surface area contributed by atoms with Crippen LogP contribution in [0.15, 0.2) is 42.5 Å². The molecule has 2 aromatic rings. The number of rotatable bonds is 7. The lowest BCUT2D eigenvalue weighted by Crippen LogP contribution is -2.88. The van der Waals surface area contributed by atoms with Crippen LogP contribution in [-0.4, -0.2) is 19.2 Å². The molecule has 1 amide bonds. The third-order valence-electron chi connectivity index (χ3n) is 4.46. The highest BCUT2D eigenvalue weighted by molar-refractivity contribution is 5.76. The Labute approximate surface area is 152 Å². The maximum absolute atomic E-state index is 13.1. The summed E-state index contributed by atoms with van der Waals surface area (Å²) in [4.78, 5) is 12.2. The number of quaternary nitrogens is 1. The number of ether oxygens (including phenoxy) is 2. The fraction of sp³-hybridized carbons (Fsp3) is 0.350. The second kappa shape index (κ2) is 8.19. The van der Waals surface area contributed by atoms with Crippen molar-refractivity contribution in [3.05, 3.63) is 59.4 Å². The third kappa shape index (κ3) is 4.52. The molecule has 138 valence electrons. The van der Waals surface area contributed by atoms with Crippen LogP contribution < -0.4 is 20.1 Å². The van der Waals surface area contributed by atoms with Gasteiger partial charge in [0.05, 0.1) is 0 Å². The van der Waals surface area contributed by atoms with E-state index in [2.05, 4.69) is 19.2 Å². The fourth-order valence-corrected chi connectivity index (χ4v) is 3.04. The summed E-state index contributed by atoms with van der Waals surface area (Å²) in [6, 6.07) is 12.2. The second-order valence-electron chi connectivity index (χ2n) is 6.73. The van der Waals surface area contributed by atoms with Crippen molar-refractivity contribution in [3.8, 4) is 11.5 Å². The van der Waals surface area contributed by atoms with Gasteiger partial charge in [-0.1, -0.05) is 32.0 Å². The van der Waals surface area contributed by atoms with E-state index >= 15 is 0 Å². The zero-order valence-electron chi connectivity index (χ0n) is 15.0. The normalized spacial score (nSPS) is 13.7. The first-order valence-electron chi connectivity index (χ1n) is 8.77. The topological polar surface area (TPSA) is 64.2 Å². The molecule has 0 radical (unpaired) electrons. The van der Waals surface area contributed by atoms with E-state index in [1.165, 1.54) is 12.1 Å². The van der Waals surface area contributed by atoms with Crippen LogP contribution >= 0.6 is 0 Å². The zero-order chi connectivity index (χ0) is 18.5. The molecule has 3 N–H and O–H groups in total. The molecule has 1 heterocycles. The van der Waals surface area contributed by atoms with Crippen molar-refractivity contribution in [1.29, 1.82) is 0 Å². The average molecular weight is 359 g/mol. The van der Waals surface area contributed by atoms with Gasteiger partial charge in [0, 0.05) is 18.0 Å². The lowest BCUT2D eigenvalue weighted by Gasteiger charge is -2.19. The van der Waals surface area contributed by atoms with Crippen LogP contribution in [0.25, 0.3) is 0 Å². The standard InChI is InChI=1S/C20H23FN2O3/c1-13(2)20(15-4-6-16(21)7-5-15)23-11-19(24)22-10-14-3-8-17-18(9-14)26-12-25-17/h3-9,13,20,23H,10-12H2,1-2H3,(H,22,24)/p+1/t20-/m1/s1. The minimum atomic E-state index is -0.252. The summed E-state index contributed by atoms with van der Waals surface area (Å²) in [6.07, 6.45) is 0. The number of halogens is 1. The Hall–Kier alpha value is -2.60. The molecule has 26 heavy (non-hydrogen) atoms. The highest BCUT2D eigenvalue weighted by Gasteiger charge is 2.20. The second-order valence-corrected chi connectivity index (χ2v) is 6.73. The van der Waals surface area contributed by atoms with Gasteiger partial charge in [-0.25, -0.2) is 4.39 Å². The first kappa shape index (κ1) is 18.2. The molecule has 1 atom stereocenters. The minimum absolute atomic E-state index is 0.0459. The number of fused-ring (bicyclic) bond motifs is 1. The molecule has 2 aromatic carbocycles. The molecule has 0 bridgehead atoms. The van der Waals surface area contributed by atoms with Gasteiger partial charge in [-0.15, -0.1) is 0 Å². The predicted octanol–water partition coefficient (Wildman–Crippen LogP) is 2.13. The Morgan fingerprint density at radius 2 is 1.88 bits per heavy atom. The lowest BCUT2D eigenvalue weighted by molar-refractivity contribution is -0.692. The van der Waals surface area contributed by atoms with E-state index in [9.17, 15) is 9.18 Å². The maximum Gasteiger partial charge on any atom is 0.275 e. The summed E-state index contributed by atoms with van der Waals surface area (Å²) in [5.74, 6) is 1.46. The summed E-state index contributed by atoms with van der Waals surface area (Å²) in [5.41, 5.74) is 1.98. The Morgan fingerprint density at radius 3 is 2.62 bits per heavy atom. The average Bonchev–Trinajstić information content (AvgIpc) is 3.09. The van der Waals surface area contributed by atoms with Gasteiger partial charge in [-0.2, -0.15) is 0 Å². The summed E-state index contributed by atoms with van der Waals surface area (Å²) in [7, 11) is 0. The van der Waals surface area contributed by atoms with Crippen LogP contribution in [0, 0.1) is 11.7 Å². The Balaban J connectivity index is 1.51. The van der Waals surface area contributed by atoms with E-state index < -0.39 is 0 Å². The fourth-order valence-electron chi connectivity index (χ4n) is 3.04. The summed E-state index contributed by atoms with van der Waals surface area (Å²) in [5, 5.41) is 4.91. The van der Waals surface area contributed by atoms with E-state index in [1.54, 1.807) is 12.1 Å². The van der Waals surface area contributed by atoms with E-state index in [1.807, 2.05) is 23.5 Å². The highest BCUT2D eigenvalue weighted by atomic mass is 19.1. The Bertz CT molecular complexity index is 762. The third-order valence-corrected chi connectivity index (χ3v) is 4.46. The molecule has 0 saturated carbocycles. The van der Waals surface area contributed by atoms with Crippen molar-refractivity contribution in [2.24, 2.45) is 5.92 Å². The smallest absolute Gasteiger partial charge is 0.275 e. The molecule has 5 nitrogen and oxygen atoms in total. The zero-order valence-corrected chi connectivity index (χ0v) is 15.0. The quantitative estimate of drug-likeness (QED) is 0.796. The first-order valence-corrected chi connectivity index (χ1v) is 8.77. The van der Waals surface area contributed by atoms with Crippen LogP contribution in [-0.2, 0) is 11.3 Å². The van der Waals surface area contributed by atoms with Crippen LogP contribution in [0.2, 0.25) is 0 Å². The first-order chi connectivity index (χ1) is 12.5. The molecule has 0 unspecified atom stereocenters. The van der Waals surface area contributed by atoms with Gasteiger partial charge >= 0.3 is 0 Å². The van der Waals surface area contributed by atoms with Gasteiger partial charge in [0.15, 0.2) is 18.0 Å². The minimum Gasteiger partial charge on any atom is -0.454 e. The number of amides is 1. The van der Waals surface area contributed by atoms with Crippen LogP contribution in [0.1, 0.15) is 31.0 Å². The van der Waals surface area contributed by atoms with Gasteiger partial charge in [0.25, 0.3) is 5.91 Å².